The molecule has 0 aromatic heterocycles. The van der Waals surface area contributed by atoms with Gasteiger partial charge in [0.05, 0.1) is 45.7 Å². The van der Waals surface area contributed by atoms with Crippen molar-refractivity contribution in [3.63, 3.8) is 0 Å². The summed E-state index contributed by atoms with van der Waals surface area (Å²) in [5, 5.41) is 6.51. The molecule has 2 fully saturated rings. The van der Waals surface area contributed by atoms with Gasteiger partial charge in [0.15, 0.2) is 5.79 Å². The summed E-state index contributed by atoms with van der Waals surface area (Å²) in [7, 11) is 3.26. The van der Waals surface area contributed by atoms with Crippen LogP contribution < -0.4 is 9.47 Å². The number of amides is 1. The second-order valence-electron chi connectivity index (χ2n) is 9.37. The number of hydrazone groups is 1. The molecule has 8 nitrogen and oxygen atoms in total. The van der Waals surface area contributed by atoms with E-state index in [-0.39, 0.29) is 11.9 Å². The molecule has 1 atom stereocenters. The molecule has 1 unspecified atom stereocenters. The van der Waals surface area contributed by atoms with Crippen LogP contribution in [0.1, 0.15) is 42.0 Å². The number of benzene rings is 2. The average Bonchev–Trinajstić information content (AvgIpc) is 3.53. The first-order valence-electron chi connectivity index (χ1n) is 12.2. The Morgan fingerprint density at radius 1 is 1.06 bits per heavy atom. The number of nitrogens with zero attached hydrogens (tertiary/aromatic N) is 3. The van der Waals surface area contributed by atoms with Gasteiger partial charge < -0.3 is 18.9 Å². The molecule has 0 saturated carbocycles. The first-order chi connectivity index (χ1) is 17.0. The molecular weight excluding hydrogens is 446 g/mol. The lowest BCUT2D eigenvalue weighted by atomic mass is 9.97. The fourth-order valence-corrected chi connectivity index (χ4v) is 5.09. The molecule has 0 radical (unpaired) electrons. The molecule has 2 aromatic carbocycles. The van der Waals surface area contributed by atoms with Crippen LogP contribution in [0, 0.1) is 6.92 Å². The van der Waals surface area contributed by atoms with E-state index in [9.17, 15) is 4.79 Å². The van der Waals surface area contributed by atoms with Gasteiger partial charge in [0, 0.05) is 44.0 Å². The van der Waals surface area contributed by atoms with Crippen molar-refractivity contribution >= 4 is 11.6 Å². The van der Waals surface area contributed by atoms with E-state index >= 15 is 0 Å². The number of methoxy groups -OCH3 is 2. The van der Waals surface area contributed by atoms with Crippen LogP contribution in [0.25, 0.3) is 0 Å². The van der Waals surface area contributed by atoms with Crippen molar-refractivity contribution in [1.82, 2.24) is 9.91 Å². The van der Waals surface area contributed by atoms with Gasteiger partial charge in [-0.15, -0.1) is 0 Å². The number of rotatable bonds is 6. The van der Waals surface area contributed by atoms with Crippen LogP contribution in [0.3, 0.4) is 0 Å². The fraction of sp³-hybridized carbons (Fsp3) is 0.481. The van der Waals surface area contributed by atoms with Gasteiger partial charge in [0.1, 0.15) is 11.5 Å². The molecule has 1 amide bonds. The Labute approximate surface area is 206 Å². The van der Waals surface area contributed by atoms with Gasteiger partial charge in [0.2, 0.25) is 0 Å². The highest BCUT2D eigenvalue weighted by Crippen LogP contribution is 2.37. The molecule has 8 heteroatoms. The first-order valence-corrected chi connectivity index (χ1v) is 12.2. The van der Waals surface area contributed by atoms with Crippen molar-refractivity contribution in [2.75, 3.05) is 47.1 Å². The molecule has 35 heavy (non-hydrogen) atoms. The van der Waals surface area contributed by atoms with E-state index in [4.69, 9.17) is 24.0 Å². The lowest BCUT2D eigenvalue weighted by Crippen LogP contribution is -2.48. The standard InChI is InChI=1S/C27H33N3O5/c1-19-4-6-20(7-5-19)24-17-23(22-9-8-21(32-2)16-25(22)33-3)28-30(24)26(31)18-29-12-10-27(11-13-29)34-14-15-35-27/h4-9,16,24H,10-15,17-18H2,1-3H3. The smallest absolute Gasteiger partial charge is 0.257 e. The molecule has 186 valence electrons. The van der Waals surface area contributed by atoms with E-state index in [1.807, 2.05) is 18.2 Å². The van der Waals surface area contributed by atoms with Gasteiger partial charge in [-0.3, -0.25) is 9.69 Å². The molecule has 0 N–H and O–H groups in total. The number of aryl methyl sites for hydroxylation is 1. The van der Waals surface area contributed by atoms with Crippen molar-refractivity contribution in [1.29, 1.82) is 0 Å². The van der Waals surface area contributed by atoms with Gasteiger partial charge in [-0.25, -0.2) is 5.01 Å². The molecule has 3 aliphatic heterocycles. The number of hydrogen-bond donors (Lipinski definition) is 0. The quantitative estimate of drug-likeness (QED) is 0.631. The molecule has 2 saturated heterocycles. The molecule has 5 rings (SSSR count). The highest BCUT2D eigenvalue weighted by atomic mass is 16.7. The minimum atomic E-state index is -0.451. The van der Waals surface area contributed by atoms with E-state index in [1.54, 1.807) is 19.2 Å². The van der Waals surface area contributed by atoms with Crippen molar-refractivity contribution < 1.29 is 23.7 Å². The predicted molar refractivity (Wildman–Crippen MR) is 132 cm³/mol. The predicted octanol–water partition coefficient (Wildman–Crippen LogP) is 3.53. The van der Waals surface area contributed by atoms with E-state index in [2.05, 4.69) is 36.1 Å². The van der Waals surface area contributed by atoms with Crippen molar-refractivity contribution in [2.45, 2.75) is 38.0 Å². The largest absolute Gasteiger partial charge is 0.497 e. The minimum absolute atomic E-state index is 0.0118. The first kappa shape index (κ1) is 23.8. The van der Waals surface area contributed by atoms with Crippen LogP contribution in [0.5, 0.6) is 11.5 Å². The summed E-state index contributed by atoms with van der Waals surface area (Å²) in [6.07, 6.45) is 2.17. The minimum Gasteiger partial charge on any atom is -0.497 e. The van der Waals surface area contributed by atoms with Crippen molar-refractivity contribution in [3.8, 4) is 11.5 Å². The average molecular weight is 480 g/mol. The normalized spacial score (nSPS) is 21.9. The van der Waals surface area contributed by atoms with E-state index in [0.29, 0.717) is 37.7 Å². The zero-order valence-electron chi connectivity index (χ0n) is 20.7. The SMILES string of the molecule is COc1ccc(C2=NN(C(=O)CN3CCC4(CC3)OCCO4)C(c3ccc(C)cc3)C2)c(OC)c1. The maximum absolute atomic E-state index is 13.6. The van der Waals surface area contributed by atoms with Crippen LogP contribution in [0.4, 0.5) is 0 Å². The number of carbonyl (C=O) groups is 1. The van der Waals surface area contributed by atoms with Crippen molar-refractivity contribution in [2.24, 2.45) is 5.10 Å². The molecule has 0 aliphatic carbocycles. The second-order valence-corrected chi connectivity index (χ2v) is 9.37. The van der Waals surface area contributed by atoms with E-state index in [0.717, 1.165) is 42.8 Å². The Morgan fingerprint density at radius 3 is 2.43 bits per heavy atom. The lowest BCUT2D eigenvalue weighted by molar-refractivity contribution is -0.186. The molecule has 2 aromatic rings. The van der Waals surface area contributed by atoms with Crippen LogP contribution in [0.2, 0.25) is 0 Å². The number of carbonyl (C=O) groups excluding carboxylic acids is 1. The highest BCUT2D eigenvalue weighted by Gasteiger charge is 2.41. The summed E-state index contributed by atoms with van der Waals surface area (Å²) < 4.78 is 22.6. The topological polar surface area (TPSA) is 72.8 Å². The van der Waals surface area contributed by atoms with Crippen molar-refractivity contribution in [3.05, 3.63) is 59.2 Å². The third kappa shape index (κ3) is 4.91. The Morgan fingerprint density at radius 2 is 1.77 bits per heavy atom. The monoisotopic (exact) mass is 479 g/mol. The zero-order chi connectivity index (χ0) is 24.4. The van der Waals surface area contributed by atoms with Gasteiger partial charge >= 0.3 is 0 Å². The van der Waals surface area contributed by atoms with E-state index < -0.39 is 5.79 Å². The van der Waals surface area contributed by atoms with Gasteiger partial charge in [-0.05, 0) is 24.6 Å². The maximum atomic E-state index is 13.6. The number of ether oxygens (including phenoxy) is 4. The number of hydrogen-bond acceptors (Lipinski definition) is 7. The fourth-order valence-electron chi connectivity index (χ4n) is 5.09. The van der Waals surface area contributed by atoms with Crippen LogP contribution in [-0.2, 0) is 14.3 Å². The summed E-state index contributed by atoms with van der Waals surface area (Å²) in [6, 6.07) is 13.9. The molecule has 0 bridgehead atoms. The third-order valence-corrected chi connectivity index (χ3v) is 7.14. The van der Waals surface area contributed by atoms with Gasteiger partial charge in [-0.2, -0.15) is 5.10 Å². The van der Waals surface area contributed by atoms with Crippen LogP contribution in [0.15, 0.2) is 47.6 Å². The molecular formula is C27H33N3O5. The summed E-state index contributed by atoms with van der Waals surface area (Å²) in [5.41, 5.74) is 3.95. The Balaban J connectivity index is 1.37. The summed E-state index contributed by atoms with van der Waals surface area (Å²) in [4.78, 5) is 15.7. The zero-order valence-corrected chi connectivity index (χ0v) is 20.7. The van der Waals surface area contributed by atoms with Gasteiger partial charge in [-0.1, -0.05) is 29.8 Å². The van der Waals surface area contributed by atoms with Crippen LogP contribution in [-0.4, -0.2) is 74.4 Å². The Hall–Kier alpha value is -2.94. The Kier molecular flexibility index (Phi) is 6.77. The lowest BCUT2D eigenvalue weighted by Gasteiger charge is -2.37. The number of likely N-dealkylation sites (tertiary alicyclic amines) is 1. The summed E-state index contributed by atoms with van der Waals surface area (Å²) >= 11 is 0. The van der Waals surface area contributed by atoms with Gasteiger partial charge in [0.25, 0.3) is 5.91 Å². The molecule has 1 spiro atoms. The molecule has 3 heterocycles. The van der Waals surface area contributed by atoms with E-state index in [1.165, 1.54) is 5.56 Å². The molecule has 3 aliphatic rings. The van der Waals surface area contributed by atoms with Crippen LogP contribution >= 0.6 is 0 Å². The maximum Gasteiger partial charge on any atom is 0.257 e. The summed E-state index contributed by atoms with van der Waals surface area (Å²) in [6.45, 7) is 5.20. The summed E-state index contributed by atoms with van der Waals surface area (Å²) in [5.74, 6) is 0.930. The second kappa shape index (κ2) is 9.97. The third-order valence-electron chi connectivity index (χ3n) is 7.14. The Bertz CT molecular complexity index is 1080. The highest BCUT2D eigenvalue weighted by molar-refractivity contribution is 6.05. The number of piperidine rings is 1.